The van der Waals surface area contributed by atoms with Crippen molar-refractivity contribution in [3.63, 3.8) is 0 Å². The number of anilines is 3. The van der Waals surface area contributed by atoms with E-state index in [1.165, 1.54) is 83.1 Å². The zero-order valence-corrected chi connectivity index (χ0v) is 37.6. The zero-order chi connectivity index (χ0) is 43.5. The lowest BCUT2D eigenvalue weighted by Crippen LogP contribution is -2.22. The first-order chi connectivity index (χ1) is 30.4. The first kappa shape index (κ1) is 40.1. The number of benzene rings is 9. The molecule has 1 unspecified atom stereocenters. The minimum Gasteiger partial charge on any atom is -0.309 e. The molecule has 0 N–H and O–H groups in total. The second kappa shape index (κ2) is 15.4. The van der Waals surface area contributed by atoms with E-state index in [9.17, 15) is 0 Å². The summed E-state index contributed by atoms with van der Waals surface area (Å²) in [4.78, 5) is 2.55. The zero-order valence-electron chi connectivity index (χ0n) is 37.6. The molecular weight excluding hydrogens is 759 g/mol. The molecule has 10 rings (SSSR count). The lowest BCUT2D eigenvalue weighted by atomic mass is 9.74. The Morgan fingerprint density at radius 3 is 1.52 bits per heavy atom. The molecule has 1 atom stereocenters. The van der Waals surface area contributed by atoms with Gasteiger partial charge in [0.2, 0.25) is 0 Å². The Morgan fingerprint density at radius 2 is 0.873 bits per heavy atom. The highest BCUT2D eigenvalue weighted by Crippen LogP contribution is 2.54. The minimum atomic E-state index is -0.308. The van der Waals surface area contributed by atoms with Gasteiger partial charge in [-0.15, -0.1) is 0 Å². The molecule has 0 spiro atoms. The lowest BCUT2D eigenvalue weighted by molar-refractivity contribution is 0.569. The maximum Gasteiger partial charge on any atom is 0.0540 e. The van der Waals surface area contributed by atoms with Crippen LogP contribution in [0.1, 0.15) is 76.3 Å². The molecule has 0 saturated heterocycles. The SMILES string of the molecule is CC(C)(C)c1cc(N(c2ccccc2-c2ccc3c(c2)C(C)(c2ccccc2)c2ccccc2-3)c2ccccc2-c2cccc3cccc(-c4ccccc4)c23)cc(C(C)(C)C)c1. The highest BCUT2D eigenvalue weighted by molar-refractivity contribution is 6.09. The van der Waals surface area contributed by atoms with Crippen LogP contribution >= 0.6 is 0 Å². The fourth-order valence-electron chi connectivity index (χ4n) is 9.99. The van der Waals surface area contributed by atoms with Crippen LogP contribution in [0.5, 0.6) is 0 Å². The van der Waals surface area contributed by atoms with Crippen molar-refractivity contribution in [2.24, 2.45) is 0 Å². The predicted octanol–water partition coefficient (Wildman–Crippen LogP) is 17.2. The van der Waals surface area contributed by atoms with Crippen LogP contribution in [0.25, 0.3) is 55.3 Å². The maximum absolute atomic E-state index is 2.55. The van der Waals surface area contributed by atoms with Crippen molar-refractivity contribution < 1.29 is 0 Å². The largest absolute Gasteiger partial charge is 0.309 e. The fraction of sp³-hybridized carbons (Fsp3) is 0.161. The number of nitrogens with zero attached hydrogens (tertiary/aromatic N) is 1. The summed E-state index contributed by atoms with van der Waals surface area (Å²) < 4.78 is 0. The molecule has 0 radical (unpaired) electrons. The van der Waals surface area contributed by atoms with Crippen molar-refractivity contribution in [2.45, 2.75) is 64.7 Å². The van der Waals surface area contributed by atoms with Crippen molar-refractivity contribution >= 4 is 27.8 Å². The summed E-state index contributed by atoms with van der Waals surface area (Å²) in [5, 5.41) is 2.48. The van der Waals surface area contributed by atoms with Crippen molar-refractivity contribution in [2.75, 3.05) is 4.90 Å². The van der Waals surface area contributed by atoms with E-state index in [0.717, 1.165) is 17.1 Å². The van der Waals surface area contributed by atoms with Gasteiger partial charge in [-0.25, -0.2) is 0 Å². The molecule has 308 valence electrons. The molecule has 1 aliphatic rings. The molecule has 1 aliphatic carbocycles. The number of fused-ring (bicyclic) bond motifs is 4. The van der Waals surface area contributed by atoms with Gasteiger partial charge in [-0.05, 0) is 120 Å². The monoisotopic (exact) mass is 813 g/mol. The van der Waals surface area contributed by atoms with Gasteiger partial charge in [0.05, 0.1) is 11.4 Å². The summed E-state index contributed by atoms with van der Waals surface area (Å²) in [5.41, 5.74) is 19.4. The Labute approximate surface area is 374 Å². The van der Waals surface area contributed by atoms with Gasteiger partial charge >= 0.3 is 0 Å². The topological polar surface area (TPSA) is 3.24 Å². The summed E-state index contributed by atoms with van der Waals surface area (Å²) in [7, 11) is 0. The van der Waals surface area contributed by atoms with Crippen molar-refractivity contribution in [1.82, 2.24) is 0 Å². The van der Waals surface area contributed by atoms with Crippen molar-refractivity contribution in [1.29, 1.82) is 0 Å². The lowest BCUT2D eigenvalue weighted by Gasteiger charge is -2.34. The van der Waals surface area contributed by atoms with E-state index in [4.69, 9.17) is 0 Å². The summed E-state index contributed by atoms with van der Waals surface area (Å²) >= 11 is 0. The minimum absolute atomic E-state index is 0.0716. The van der Waals surface area contributed by atoms with Gasteiger partial charge in [0.15, 0.2) is 0 Å². The molecule has 0 fully saturated rings. The van der Waals surface area contributed by atoms with Crippen LogP contribution in [0.3, 0.4) is 0 Å². The number of para-hydroxylation sites is 2. The molecule has 0 amide bonds. The van der Waals surface area contributed by atoms with E-state index in [2.05, 4.69) is 260 Å². The maximum atomic E-state index is 2.55. The van der Waals surface area contributed by atoms with Gasteiger partial charge in [-0.2, -0.15) is 0 Å². The Balaban J connectivity index is 1.25. The summed E-state index contributed by atoms with van der Waals surface area (Å²) in [6.07, 6.45) is 0. The van der Waals surface area contributed by atoms with Crippen LogP contribution < -0.4 is 4.90 Å². The van der Waals surface area contributed by atoms with Gasteiger partial charge in [0.1, 0.15) is 0 Å². The van der Waals surface area contributed by atoms with E-state index >= 15 is 0 Å². The number of rotatable bonds is 7. The molecule has 0 aliphatic heterocycles. The van der Waals surface area contributed by atoms with Crippen molar-refractivity contribution in [3.05, 3.63) is 234 Å². The summed E-state index contributed by atoms with van der Waals surface area (Å²) in [5.74, 6) is 0. The average molecular weight is 814 g/mol. The summed E-state index contributed by atoms with van der Waals surface area (Å²) in [6.45, 7) is 16.4. The van der Waals surface area contributed by atoms with Gasteiger partial charge in [0, 0.05) is 22.2 Å². The first-order valence-electron chi connectivity index (χ1n) is 22.4. The van der Waals surface area contributed by atoms with Crippen LogP contribution in [0.2, 0.25) is 0 Å². The molecule has 1 nitrogen and oxygen atoms in total. The third kappa shape index (κ3) is 6.97. The number of hydrogen-bond donors (Lipinski definition) is 0. The van der Waals surface area contributed by atoms with Crippen LogP contribution in [0, 0.1) is 0 Å². The Bertz CT molecular complexity index is 3100. The molecule has 0 bridgehead atoms. The van der Waals surface area contributed by atoms with E-state index in [-0.39, 0.29) is 16.2 Å². The molecular formula is C62H55N. The third-order valence-corrected chi connectivity index (χ3v) is 13.5. The normalized spacial score (nSPS) is 14.7. The molecule has 63 heavy (non-hydrogen) atoms. The Morgan fingerprint density at radius 1 is 0.365 bits per heavy atom. The van der Waals surface area contributed by atoms with Gasteiger partial charge in [-0.1, -0.05) is 217 Å². The van der Waals surface area contributed by atoms with Crippen LogP contribution in [-0.4, -0.2) is 0 Å². The fourth-order valence-corrected chi connectivity index (χ4v) is 9.99. The molecule has 0 aromatic heterocycles. The smallest absolute Gasteiger partial charge is 0.0540 e. The van der Waals surface area contributed by atoms with Gasteiger partial charge < -0.3 is 4.90 Å². The molecule has 0 heterocycles. The van der Waals surface area contributed by atoms with E-state index < -0.39 is 0 Å². The molecule has 1 heteroatoms. The van der Waals surface area contributed by atoms with Crippen LogP contribution in [-0.2, 0) is 16.2 Å². The summed E-state index contributed by atoms with van der Waals surface area (Å²) in [6, 6.07) is 76.9. The number of hydrogen-bond acceptors (Lipinski definition) is 1. The van der Waals surface area contributed by atoms with E-state index in [1.54, 1.807) is 0 Å². The quantitative estimate of drug-likeness (QED) is 0.155. The molecule has 9 aromatic rings. The highest BCUT2D eigenvalue weighted by atomic mass is 15.1. The van der Waals surface area contributed by atoms with E-state index in [0.29, 0.717) is 0 Å². The first-order valence-corrected chi connectivity index (χ1v) is 22.4. The Kier molecular flexibility index (Phi) is 9.83. The van der Waals surface area contributed by atoms with E-state index in [1.807, 2.05) is 0 Å². The van der Waals surface area contributed by atoms with Gasteiger partial charge in [0.25, 0.3) is 0 Å². The standard InChI is InChI=1S/C62H55N/c1-60(2,3)46-39-47(61(4,5)6)41-48(40-46)63(58-35-19-16-30-53(58)54-32-21-25-43-24-20-31-50(59(43)54)42-22-10-8-11-23-42)57-34-18-15-28-49(57)44-36-37-52-51-29-14-17-33-55(51)62(7,56(52)38-44)45-26-12-9-13-27-45/h8-41H,1-7H3. The van der Waals surface area contributed by atoms with Crippen LogP contribution in [0.15, 0.2) is 206 Å². The third-order valence-electron chi connectivity index (χ3n) is 13.5. The second-order valence-electron chi connectivity index (χ2n) is 19.5. The Hall–Kier alpha value is -6.96. The molecule has 9 aromatic carbocycles. The highest BCUT2D eigenvalue weighted by Gasteiger charge is 2.41. The van der Waals surface area contributed by atoms with Crippen molar-refractivity contribution in [3.8, 4) is 44.5 Å². The van der Waals surface area contributed by atoms with Gasteiger partial charge in [-0.3, -0.25) is 0 Å². The molecule has 0 saturated carbocycles. The second-order valence-corrected chi connectivity index (χ2v) is 19.5. The van der Waals surface area contributed by atoms with Crippen LogP contribution in [0.4, 0.5) is 17.1 Å². The predicted molar refractivity (Wildman–Crippen MR) is 270 cm³/mol. The average Bonchev–Trinajstić information content (AvgIpc) is 3.57.